The molecule has 4 N–H and O–H groups in total. The minimum atomic E-state index is -0.374. The van der Waals surface area contributed by atoms with Crippen molar-refractivity contribution in [3.63, 3.8) is 0 Å². The largest absolute Gasteiger partial charge is 0.492 e. The maximum Gasteiger partial charge on any atom is 0.340 e. The van der Waals surface area contributed by atoms with Crippen LogP contribution in [0.4, 0.5) is 10.5 Å². The number of benzene rings is 1. The van der Waals surface area contributed by atoms with Crippen LogP contribution < -0.4 is 21.1 Å². The number of aromatic amines is 2. The van der Waals surface area contributed by atoms with Gasteiger partial charge in [-0.25, -0.2) is 14.7 Å². The number of nitrogens with one attached hydrogen (secondary N) is 4. The Balaban J connectivity index is 1.80. The van der Waals surface area contributed by atoms with E-state index < -0.39 is 0 Å². The molecule has 2 rings (SSSR count). The summed E-state index contributed by atoms with van der Waals surface area (Å²) in [5, 5.41) is 11.8. The summed E-state index contributed by atoms with van der Waals surface area (Å²) in [6.45, 7) is 2.92. The van der Waals surface area contributed by atoms with Gasteiger partial charge in [-0.1, -0.05) is 18.5 Å². The van der Waals surface area contributed by atoms with Crippen LogP contribution in [-0.2, 0) is 6.42 Å². The lowest BCUT2D eigenvalue weighted by Crippen LogP contribution is -2.30. The van der Waals surface area contributed by atoms with Crippen LogP contribution in [0, 0.1) is 0 Å². The lowest BCUT2D eigenvalue weighted by Gasteiger charge is -2.10. The molecule has 2 amide bonds. The molecule has 1 aromatic heterocycles. The fourth-order valence-corrected chi connectivity index (χ4v) is 2.04. The van der Waals surface area contributed by atoms with Gasteiger partial charge >= 0.3 is 11.7 Å². The number of H-pyrrole nitrogens is 2. The molecule has 0 saturated carbocycles. The highest BCUT2D eigenvalue weighted by atomic mass is 35.5. The first-order chi connectivity index (χ1) is 11.1. The highest BCUT2D eigenvalue weighted by Gasteiger charge is 2.06. The topological polar surface area (TPSA) is 112 Å². The highest BCUT2D eigenvalue weighted by Crippen LogP contribution is 2.27. The summed E-state index contributed by atoms with van der Waals surface area (Å²) >= 11 is 6.09. The number of rotatable bonds is 7. The van der Waals surface area contributed by atoms with Crippen molar-refractivity contribution >= 4 is 23.3 Å². The monoisotopic (exact) mass is 339 g/mol. The normalized spacial score (nSPS) is 10.3. The van der Waals surface area contributed by atoms with Gasteiger partial charge < -0.3 is 15.4 Å². The van der Waals surface area contributed by atoms with Gasteiger partial charge in [0.15, 0.2) is 0 Å². The Hall–Kier alpha value is -2.48. The number of anilines is 1. The molecule has 0 atom stereocenters. The van der Waals surface area contributed by atoms with Crippen molar-refractivity contribution in [3.05, 3.63) is 39.5 Å². The van der Waals surface area contributed by atoms with E-state index in [0.717, 1.165) is 6.42 Å². The summed E-state index contributed by atoms with van der Waals surface area (Å²) < 4.78 is 5.46. The fraction of sp³-hybridized carbons (Fsp3) is 0.357. The van der Waals surface area contributed by atoms with Crippen molar-refractivity contribution in [2.45, 2.75) is 19.8 Å². The fourth-order valence-electron chi connectivity index (χ4n) is 1.80. The summed E-state index contributed by atoms with van der Waals surface area (Å²) in [6, 6.07) is 4.67. The maximum absolute atomic E-state index is 11.8. The van der Waals surface area contributed by atoms with Gasteiger partial charge in [0.25, 0.3) is 0 Å². The second-order valence-corrected chi connectivity index (χ2v) is 5.16. The third-order valence-corrected chi connectivity index (χ3v) is 3.14. The van der Waals surface area contributed by atoms with Crippen molar-refractivity contribution < 1.29 is 9.53 Å². The number of carbonyl (C=O) groups is 1. The molecule has 0 aliphatic rings. The van der Waals surface area contributed by atoms with Crippen LogP contribution in [0.25, 0.3) is 0 Å². The van der Waals surface area contributed by atoms with Gasteiger partial charge in [-0.3, -0.25) is 4.98 Å². The van der Waals surface area contributed by atoms with Crippen LogP contribution in [0.1, 0.15) is 19.2 Å². The van der Waals surface area contributed by atoms with E-state index in [-0.39, 0.29) is 11.7 Å². The van der Waals surface area contributed by atoms with Crippen molar-refractivity contribution in [2.75, 3.05) is 18.5 Å². The average molecular weight is 340 g/mol. The van der Waals surface area contributed by atoms with Crippen molar-refractivity contribution in [2.24, 2.45) is 0 Å². The molecule has 124 valence electrons. The number of urea groups is 1. The van der Waals surface area contributed by atoms with Gasteiger partial charge in [-0.05, 0) is 24.6 Å². The quantitative estimate of drug-likeness (QED) is 0.617. The predicted octanol–water partition coefficient (Wildman–Crippen LogP) is 1.90. The van der Waals surface area contributed by atoms with Crippen LogP contribution in [0.15, 0.2) is 23.0 Å². The molecule has 8 nitrogen and oxygen atoms in total. The second kappa shape index (κ2) is 8.23. The summed E-state index contributed by atoms with van der Waals surface area (Å²) in [5.74, 6) is 1.07. The zero-order valence-corrected chi connectivity index (χ0v) is 13.4. The number of hydrogen-bond acceptors (Lipinski definition) is 4. The molecule has 2 aromatic rings. The molecule has 0 fully saturated rings. The van der Waals surface area contributed by atoms with Gasteiger partial charge in [-0.2, -0.15) is 5.10 Å². The number of amides is 2. The van der Waals surface area contributed by atoms with E-state index in [1.807, 2.05) is 6.92 Å². The van der Waals surface area contributed by atoms with E-state index in [1.54, 1.807) is 18.2 Å². The smallest absolute Gasteiger partial charge is 0.340 e. The molecule has 0 saturated heterocycles. The van der Waals surface area contributed by atoms with Gasteiger partial charge in [0.05, 0.1) is 11.6 Å². The second-order valence-electron chi connectivity index (χ2n) is 4.75. The average Bonchev–Trinajstić information content (AvgIpc) is 2.92. The Morgan fingerprint density at radius 3 is 2.91 bits per heavy atom. The number of ether oxygens (including phenoxy) is 1. The minimum absolute atomic E-state index is 0.331. The Morgan fingerprint density at radius 1 is 1.43 bits per heavy atom. The van der Waals surface area contributed by atoms with E-state index in [1.165, 1.54) is 0 Å². The van der Waals surface area contributed by atoms with Gasteiger partial charge in [0.2, 0.25) is 0 Å². The molecule has 0 bridgehead atoms. The molecule has 0 unspecified atom stereocenters. The molecule has 1 aromatic carbocycles. The lowest BCUT2D eigenvalue weighted by molar-refractivity contribution is 0.252. The van der Waals surface area contributed by atoms with E-state index in [4.69, 9.17) is 16.3 Å². The van der Waals surface area contributed by atoms with E-state index in [0.29, 0.717) is 41.9 Å². The molecular weight excluding hydrogens is 322 g/mol. The van der Waals surface area contributed by atoms with Gasteiger partial charge in [0.1, 0.15) is 11.6 Å². The van der Waals surface area contributed by atoms with Gasteiger partial charge in [-0.15, -0.1) is 0 Å². The standard InChI is InChI=1S/C14H18ClN5O3/c1-2-7-23-11-4-3-9(8-10(11)15)17-13(21)16-6-5-12-18-14(22)20-19-12/h3-4,8H,2,5-7H2,1H3,(H2,16,17,21)(H2,18,19,20,22). The van der Waals surface area contributed by atoms with Crippen molar-refractivity contribution in [1.29, 1.82) is 0 Å². The Labute approximate surface area is 137 Å². The molecular formula is C14H18ClN5O3. The number of nitrogens with zero attached hydrogens (tertiary/aromatic N) is 1. The van der Waals surface area contributed by atoms with Crippen LogP contribution >= 0.6 is 11.6 Å². The van der Waals surface area contributed by atoms with Crippen molar-refractivity contribution in [3.8, 4) is 5.75 Å². The molecule has 0 aliphatic heterocycles. The zero-order valence-electron chi connectivity index (χ0n) is 12.6. The van der Waals surface area contributed by atoms with Crippen LogP contribution in [0.3, 0.4) is 0 Å². The highest BCUT2D eigenvalue weighted by molar-refractivity contribution is 6.32. The lowest BCUT2D eigenvalue weighted by atomic mass is 10.3. The molecule has 0 radical (unpaired) electrons. The molecule has 9 heteroatoms. The third kappa shape index (κ3) is 5.33. The number of halogens is 1. The Kier molecular flexibility index (Phi) is 6.04. The first kappa shape index (κ1) is 16.9. The number of hydrogen-bond donors (Lipinski definition) is 4. The van der Waals surface area contributed by atoms with Crippen LogP contribution in [-0.4, -0.2) is 34.4 Å². The third-order valence-electron chi connectivity index (χ3n) is 2.85. The van der Waals surface area contributed by atoms with E-state index in [2.05, 4.69) is 25.8 Å². The summed E-state index contributed by atoms with van der Waals surface area (Å²) in [7, 11) is 0. The summed E-state index contributed by atoms with van der Waals surface area (Å²) in [4.78, 5) is 25.1. The Morgan fingerprint density at radius 2 is 2.26 bits per heavy atom. The Bertz CT molecular complexity index is 712. The molecule has 0 spiro atoms. The van der Waals surface area contributed by atoms with E-state index >= 15 is 0 Å². The molecule has 23 heavy (non-hydrogen) atoms. The van der Waals surface area contributed by atoms with Crippen LogP contribution in [0.2, 0.25) is 5.02 Å². The van der Waals surface area contributed by atoms with Crippen LogP contribution in [0.5, 0.6) is 5.75 Å². The maximum atomic E-state index is 11.8. The van der Waals surface area contributed by atoms with E-state index in [9.17, 15) is 9.59 Å². The number of carbonyl (C=O) groups excluding carboxylic acids is 1. The summed E-state index contributed by atoms with van der Waals surface area (Å²) in [5.41, 5.74) is 0.189. The SMILES string of the molecule is CCCOc1ccc(NC(=O)NCCc2n[nH]c(=O)[nH]2)cc1Cl. The molecule has 0 aliphatic carbocycles. The minimum Gasteiger partial charge on any atom is -0.492 e. The van der Waals surface area contributed by atoms with Crippen molar-refractivity contribution in [1.82, 2.24) is 20.5 Å². The first-order valence-electron chi connectivity index (χ1n) is 7.19. The van der Waals surface area contributed by atoms with Gasteiger partial charge in [0, 0.05) is 18.7 Å². The number of aromatic nitrogens is 3. The zero-order chi connectivity index (χ0) is 16.7. The molecule has 1 heterocycles. The summed E-state index contributed by atoms with van der Waals surface area (Å²) in [6.07, 6.45) is 1.30. The predicted molar refractivity (Wildman–Crippen MR) is 87.2 cm³/mol. The first-order valence-corrected chi connectivity index (χ1v) is 7.57.